The molecule has 4 aliphatic carbocycles. The number of aliphatic hydroxyl groups is 1. The average molecular weight is 583 g/mol. The van der Waals surface area contributed by atoms with E-state index in [1.54, 1.807) is 0 Å². The van der Waals surface area contributed by atoms with Gasteiger partial charge in [0.05, 0.1) is 6.10 Å². The van der Waals surface area contributed by atoms with Crippen LogP contribution in [0.2, 0.25) is 0 Å². The van der Waals surface area contributed by atoms with Gasteiger partial charge in [0.25, 0.3) is 0 Å². The summed E-state index contributed by atoms with van der Waals surface area (Å²) in [6.45, 7) is 11.4. The molecule has 0 aromatic heterocycles. The predicted octanol–water partition coefficient (Wildman–Crippen LogP) is 9.34. The van der Waals surface area contributed by atoms with Crippen molar-refractivity contribution in [1.82, 2.24) is 0 Å². The van der Waals surface area contributed by atoms with Crippen LogP contribution in [-0.2, 0) is 9.53 Å². The molecule has 43 heavy (non-hydrogen) atoms. The van der Waals surface area contributed by atoms with E-state index in [9.17, 15) is 9.90 Å². The van der Waals surface area contributed by atoms with Crippen molar-refractivity contribution >= 4 is 11.5 Å². The van der Waals surface area contributed by atoms with Gasteiger partial charge in [-0.3, -0.25) is 4.79 Å². The minimum atomic E-state index is -0.245. The number of aliphatic hydroxyl groups excluding tert-OH is 1. The second-order valence-electron chi connectivity index (χ2n) is 15.3. The Morgan fingerprint density at radius 2 is 1.51 bits per heavy atom. The molecule has 2 aromatic carbocycles. The fraction of sp³-hybridized carbons (Fsp3) is 0.625. The third kappa shape index (κ3) is 5.43. The molecule has 2 aromatic rings. The Labute approximate surface area is 260 Å². The van der Waals surface area contributed by atoms with Crippen LogP contribution in [0.5, 0.6) is 0 Å². The molecule has 0 saturated heterocycles. The fourth-order valence-corrected chi connectivity index (χ4v) is 11.4. The van der Waals surface area contributed by atoms with Crippen molar-refractivity contribution in [2.24, 2.45) is 52.3 Å². The maximum atomic E-state index is 12.2. The lowest BCUT2D eigenvalue weighted by molar-refractivity contribution is -0.207. The lowest BCUT2D eigenvalue weighted by atomic mass is 9.41. The van der Waals surface area contributed by atoms with Crippen molar-refractivity contribution in [1.29, 1.82) is 0 Å². The molecule has 0 heterocycles. The summed E-state index contributed by atoms with van der Waals surface area (Å²) in [6, 6.07) is 21.7. The lowest BCUT2D eigenvalue weighted by Gasteiger charge is -2.64. The molecule has 6 unspecified atom stereocenters. The lowest BCUT2D eigenvalue weighted by Crippen LogP contribution is -2.62. The maximum Gasteiger partial charge on any atom is 0.302 e. The van der Waals surface area contributed by atoms with Crippen molar-refractivity contribution in [3.8, 4) is 0 Å². The van der Waals surface area contributed by atoms with Gasteiger partial charge in [-0.05, 0) is 120 Å². The van der Waals surface area contributed by atoms with E-state index in [4.69, 9.17) is 4.74 Å². The topological polar surface area (TPSA) is 46.5 Å². The van der Waals surface area contributed by atoms with Gasteiger partial charge in [0.2, 0.25) is 0 Å². The normalized spacial score (nSPS) is 39.1. The molecule has 232 valence electrons. The SMILES string of the molecule is CC[C@@H]1C2CC(OC(C)=O)CC[C@]2(C)C2CC[C@@]3(C)C(CCC3[C@H](C)CC=C(c3ccccc3)c3ccccc3)C2[C@@H]1O. The highest BCUT2D eigenvalue weighted by atomic mass is 16.5. The number of carbonyl (C=O) groups is 1. The highest BCUT2D eigenvalue weighted by Crippen LogP contribution is 2.69. The molecule has 4 aliphatic rings. The van der Waals surface area contributed by atoms with Crippen LogP contribution >= 0.6 is 0 Å². The minimum Gasteiger partial charge on any atom is -0.463 e. The van der Waals surface area contributed by atoms with Crippen LogP contribution in [0.1, 0.15) is 104 Å². The second kappa shape index (κ2) is 12.2. The highest BCUT2D eigenvalue weighted by Gasteiger charge is 2.65. The molecule has 3 nitrogen and oxygen atoms in total. The summed E-state index contributed by atoms with van der Waals surface area (Å²) in [5.74, 6) is 3.41. The zero-order valence-electron chi connectivity index (χ0n) is 27.2. The number of rotatable bonds is 7. The van der Waals surface area contributed by atoms with E-state index in [2.05, 4.69) is 94.4 Å². The number of carbonyl (C=O) groups excluding carboxylic acids is 1. The van der Waals surface area contributed by atoms with Crippen LogP contribution in [0.25, 0.3) is 5.57 Å². The van der Waals surface area contributed by atoms with E-state index >= 15 is 0 Å². The summed E-state index contributed by atoms with van der Waals surface area (Å²) in [5, 5.41) is 12.2. The molecule has 3 heteroatoms. The summed E-state index contributed by atoms with van der Waals surface area (Å²) in [4.78, 5) is 11.8. The highest BCUT2D eigenvalue weighted by molar-refractivity contribution is 5.79. The molecule has 0 radical (unpaired) electrons. The number of fused-ring (bicyclic) bond motifs is 5. The van der Waals surface area contributed by atoms with Gasteiger partial charge < -0.3 is 9.84 Å². The van der Waals surface area contributed by atoms with Gasteiger partial charge >= 0.3 is 5.97 Å². The van der Waals surface area contributed by atoms with E-state index in [0.717, 1.165) is 32.1 Å². The molecule has 11 atom stereocenters. The third-order valence-corrected chi connectivity index (χ3v) is 13.3. The van der Waals surface area contributed by atoms with Crippen LogP contribution in [0.3, 0.4) is 0 Å². The van der Waals surface area contributed by atoms with Crippen LogP contribution < -0.4 is 0 Å². The van der Waals surface area contributed by atoms with E-state index in [-0.39, 0.29) is 29.0 Å². The molecule has 0 bridgehead atoms. The quantitative estimate of drug-likeness (QED) is 0.331. The van der Waals surface area contributed by atoms with Gasteiger partial charge in [0.1, 0.15) is 6.10 Å². The number of benzene rings is 2. The minimum absolute atomic E-state index is 0.0173. The predicted molar refractivity (Wildman–Crippen MR) is 175 cm³/mol. The molecule has 4 saturated carbocycles. The van der Waals surface area contributed by atoms with Gasteiger partial charge in [-0.25, -0.2) is 0 Å². The first-order valence-electron chi connectivity index (χ1n) is 17.3. The zero-order valence-corrected chi connectivity index (χ0v) is 27.2. The van der Waals surface area contributed by atoms with Gasteiger partial charge in [0.15, 0.2) is 0 Å². The van der Waals surface area contributed by atoms with Gasteiger partial charge in [0, 0.05) is 6.92 Å². The first-order chi connectivity index (χ1) is 20.7. The Balaban J connectivity index is 1.24. The molecule has 6 rings (SSSR count). The molecular formula is C40H54O3. The number of allylic oxidation sites excluding steroid dienone is 1. The third-order valence-electron chi connectivity index (χ3n) is 13.3. The number of hydrogen-bond donors (Lipinski definition) is 1. The van der Waals surface area contributed by atoms with E-state index in [1.165, 1.54) is 49.3 Å². The Hall–Kier alpha value is -2.39. The monoisotopic (exact) mass is 582 g/mol. The fourth-order valence-electron chi connectivity index (χ4n) is 11.4. The standard InChI is InChI=1S/C40H54O3/c1-6-31-36-25-30(43-27(3)41)21-23-40(36,5)35-22-24-39(4)33(19-20-34(39)37(35)38(31)42)26(2)17-18-32(28-13-9-7-10-14-28)29-15-11-8-12-16-29/h7-16,18,26,30-31,33-38,42H,6,17,19-25H2,1-5H3/t26-,30?,31-,33?,34?,35?,36?,37?,38-,39-,40-/m1/s1. The Kier molecular flexibility index (Phi) is 8.68. The number of esters is 1. The van der Waals surface area contributed by atoms with Crippen molar-refractivity contribution in [3.05, 3.63) is 77.9 Å². The van der Waals surface area contributed by atoms with Gasteiger partial charge in [-0.2, -0.15) is 0 Å². The molecule has 0 spiro atoms. The summed E-state index contributed by atoms with van der Waals surface area (Å²) in [6.07, 6.45) is 12.4. The average Bonchev–Trinajstić information content (AvgIpc) is 3.36. The van der Waals surface area contributed by atoms with Crippen molar-refractivity contribution in [2.75, 3.05) is 0 Å². The maximum absolute atomic E-state index is 12.2. The first kappa shape index (κ1) is 30.6. The van der Waals surface area contributed by atoms with E-state index < -0.39 is 0 Å². The molecular weight excluding hydrogens is 528 g/mol. The number of hydrogen-bond acceptors (Lipinski definition) is 3. The number of ether oxygens (including phenoxy) is 1. The second-order valence-corrected chi connectivity index (χ2v) is 15.3. The van der Waals surface area contributed by atoms with Crippen LogP contribution in [0, 0.1) is 52.3 Å². The summed E-state index contributed by atoms with van der Waals surface area (Å²) < 4.78 is 5.75. The summed E-state index contributed by atoms with van der Waals surface area (Å²) in [7, 11) is 0. The Morgan fingerprint density at radius 1 is 0.907 bits per heavy atom. The molecule has 4 fully saturated rings. The molecule has 1 N–H and O–H groups in total. The molecule has 0 amide bonds. The van der Waals surface area contributed by atoms with Crippen molar-refractivity contribution < 1.29 is 14.6 Å². The smallest absolute Gasteiger partial charge is 0.302 e. The molecule has 0 aliphatic heterocycles. The summed E-state index contributed by atoms with van der Waals surface area (Å²) in [5.41, 5.74) is 4.44. The Bertz CT molecular complexity index is 1240. The largest absolute Gasteiger partial charge is 0.463 e. The van der Waals surface area contributed by atoms with Gasteiger partial charge in [-0.1, -0.05) is 101 Å². The first-order valence-corrected chi connectivity index (χ1v) is 17.3. The van der Waals surface area contributed by atoms with Crippen LogP contribution in [0.4, 0.5) is 0 Å². The van der Waals surface area contributed by atoms with E-state index in [1.807, 2.05) is 0 Å². The van der Waals surface area contributed by atoms with E-state index in [0.29, 0.717) is 41.4 Å². The van der Waals surface area contributed by atoms with Crippen molar-refractivity contribution in [3.63, 3.8) is 0 Å². The Morgan fingerprint density at radius 3 is 2.12 bits per heavy atom. The van der Waals surface area contributed by atoms with Gasteiger partial charge in [-0.15, -0.1) is 0 Å². The zero-order chi connectivity index (χ0) is 30.4. The van der Waals surface area contributed by atoms with Crippen molar-refractivity contribution in [2.45, 2.75) is 105 Å². The summed E-state index contributed by atoms with van der Waals surface area (Å²) >= 11 is 0. The van der Waals surface area contributed by atoms with Crippen LogP contribution in [0.15, 0.2) is 66.7 Å². The van der Waals surface area contributed by atoms with Crippen LogP contribution in [-0.4, -0.2) is 23.3 Å².